The lowest BCUT2D eigenvalue weighted by molar-refractivity contribution is 0.0951. The van der Waals surface area contributed by atoms with E-state index in [0.717, 1.165) is 72.9 Å². The van der Waals surface area contributed by atoms with Gasteiger partial charge in [-0.3, -0.25) is 24.6 Å². The molecule has 180 valence electrons. The minimum atomic E-state index is -0.0258. The van der Waals surface area contributed by atoms with Crippen LogP contribution >= 0.6 is 0 Å². The fourth-order valence-corrected chi connectivity index (χ4v) is 4.73. The third kappa shape index (κ3) is 4.88. The highest BCUT2D eigenvalue weighted by molar-refractivity contribution is 5.96. The second-order valence-corrected chi connectivity index (χ2v) is 8.94. The largest absolute Gasteiger partial charge is 0.367 e. The molecule has 0 radical (unpaired) electrons. The van der Waals surface area contributed by atoms with Gasteiger partial charge in [-0.2, -0.15) is 0 Å². The fourth-order valence-electron chi connectivity index (χ4n) is 4.73. The molecule has 4 heterocycles. The van der Waals surface area contributed by atoms with E-state index in [1.807, 2.05) is 48.9 Å². The van der Waals surface area contributed by atoms with E-state index >= 15 is 0 Å². The Balaban J connectivity index is 1.10. The van der Waals surface area contributed by atoms with Crippen LogP contribution in [0.1, 0.15) is 22.5 Å². The molecule has 0 atom stereocenters. The lowest BCUT2D eigenvalue weighted by atomic mass is 10.2. The summed E-state index contributed by atoms with van der Waals surface area (Å²) in [6, 6.07) is 13.9. The third-order valence-electron chi connectivity index (χ3n) is 6.83. The molecule has 1 aromatic carbocycles. The Morgan fingerprint density at radius 2 is 1.80 bits per heavy atom. The average Bonchev–Trinajstić information content (AvgIpc) is 3.21. The Morgan fingerprint density at radius 1 is 0.971 bits per heavy atom. The van der Waals surface area contributed by atoms with Crippen molar-refractivity contribution in [1.29, 1.82) is 0 Å². The van der Waals surface area contributed by atoms with Crippen LogP contribution in [0.15, 0.2) is 61.1 Å². The van der Waals surface area contributed by atoms with Crippen molar-refractivity contribution < 1.29 is 4.79 Å². The number of amides is 1. The van der Waals surface area contributed by atoms with Crippen molar-refractivity contribution in [3.05, 3.63) is 72.3 Å². The Kier molecular flexibility index (Phi) is 6.72. The molecule has 5 rings (SSSR count). The van der Waals surface area contributed by atoms with Crippen LogP contribution in [0.5, 0.6) is 0 Å². The van der Waals surface area contributed by atoms with E-state index in [4.69, 9.17) is 0 Å². The lowest BCUT2D eigenvalue weighted by Crippen LogP contribution is -2.47. The lowest BCUT2D eigenvalue weighted by Gasteiger charge is -2.36. The highest BCUT2D eigenvalue weighted by Gasteiger charge is 2.20. The van der Waals surface area contributed by atoms with E-state index < -0.39 is 0 Å². The SMILES string of the molecule is Cc1c(C(=O)NCCCN2CCN(c3cccc4nccnc34)CC2)cc(-c2ccccn2)n1C. The average molecular weight is 470 g/mol. The van der Waals surface area contributed by atoms with Crippen LogP contribution in [0.25, 0.3) is 22.4 Å². The van der Waals surface area contributed by atoms with Crippen molar-refractivity contribution in [2.45, 2.75) is 13.3 Å². The third-order valence-corrected chi connectivity index (χ3v) is 6.83. The van der Waals surface area contributed by atoms with Crippen molar-refractivity contribution >= 4 is 22.6 Å². The Bertz CT molecular complexity index is 1300. The summed E-state index contributed by atoms with van der Waals surface area (Å²) in [5.41, 5.74) is 6.52. The number of aromatic nitrogens is 4. The van der Waals surface area contributed by atoms with Gasteiger partial charge in [0.1, 0.15) is 5.52 Å². The summed E-state index contributed by atoms with van der Waals surface area (Å²) in [5.74, 6) is -0.0258. The van der Waals surface area contributed by atoms with Crippen molar-refractivity contribution in [2.75, 3.05) is 44.2 Å². The molecular weight excluding hydrogens is 438 g/mol. The fraction of sp³-hybridized carbons (Fsp3) is 0.333. The van der Waals surface area contributed by atoms with Gasteiger partial charge < -0.3 is 14.8 Å². The molecule has 8 nitrogen and oxygen atoms in total. The number of nitrogens with zero attached hydrogens (tertiary/aromatic N) is 6. The van der Waals surface area contributed by atoms with Gasteiger partial charge in [0, 0.05) is 64.1 Å². The molecule has 0 spiro atoms. The van der Waals surface area contributed by atoms with Crippen molar-refractivity contribution in [3.63, 3.8) is 0 Å². The van der Waals surface area contributed by atoms with Crippen LogP contribution in [-0.4, -0.2) is 69.6 Å². The number of hydrogen-bond donors (Lipinski definition) is 1. The summed E-state index contributed by atoms with van der Waals surface area (Å²) in [6.45, 7) is 7.51. The molecule has 8 heteroatoms. The van der Waals surface area contributed by atoms with Crippen LogP contribution < -0.4 is 10.2 Å². The molecule has 3 aromatic heterocycles. The van der Waals surface area contributed by atoms with E-state index in [1.165, 1.54) is 0 Å². The molecule has 0 aliphatic carbocycles. The zero-order valence-electron chi connectivity index (χ0n) is 20.3. The smallest absolute Gasteiger partial charge is 0.253 e. The molecular formula is C27H31N7O. The van der Waals surface area contributed by atoms with Gasteiger partial charge in [0.15, 0.2) is 0 Å². The number of pyridine rings is 1. The van der Waals surface area contributed by atoms with Gasteiger partial charge >= 0.3 is 0 Å². The molecule has 35 heavy (non-hydrogen) atoms. The molecule has 0 unspecified atom stereocenters. The molecule has 4 aromatic rings. The van der Waals surface area contributed by atoms with E-state index in [-0.39, 0.29) is 5.91 Å². The number of benzene rings is 1. The summed E-state index contributed by atoms with van der Waals surface area (Å²) < 4.78 is 2.03. The molecule has 1 aliphatic rings. The summed E-state index contributed by atoms with van der Waals surface area (Å²) >= 11 is 0. The first-order chi connectivity index (χ1) is 17.1. The van der Waals surface area contributed by atoms with Crippen molar-refractivity contribution in [2.24, 2.45) is 7.05 Å². The maximum absolute atomic E-state index is 12.8. The number of fused-ring (bicyclic) bond motifs is 1. The van der Waals surface area contributed by atoms with Crippen molar-refractivity contribution in [3.8, 4) is 11.4 Å². The molecule has 1 N–H and O–H groups in total. The second kappa shape index (κ2) is 10.2. The van der Waals surface area contributed by atoms with Gasteiger partial charge in [-0.1, -0.05) is 12.1 Å². The number of carbonyl (C=O) groups is 1. The first kappa shape index (κ1) is 23.0. The summed E-state index contributed by atoms with van der Waals surface area (Å²) in [5, 5.41) is 3.10. The molecule has 1 fully saturated rings. The van der Waals surface area contributed by atoms with Gasteiger partial charge in [-0.05, 0) is 50.2 Å². The topological polar surface area (TPSA) is 79.2 Å². The van der Waals surface area contributed by atoms with Crippen LogP contribution in [0.2, 0.25) is 0 Å². The highest BCUT2D eigenvalue weighted by Crippen LogP contribution is 2.25. The van der Waals surface area contributed by atoms with E-state index in [1.54, 1.807) is 18.6 Å². The van der Waals surface area contributed by atoms with Gasteiger partial charge in [0.25, 0.3) is 5.91 Å². The number of nitrogens with one attached hydrogen (secondary N) is 1. The van der Waals surface area contributed by atoms with Crippen LogP contribution in [0.3, 0.4) is 0 Å². The summed E-state index contributed by atoms with van der Waals surface area (Å²) in [6.07, 6.45) is 6.19. The minimum absolute atomic E-state index is 0.0258. The number of hydrogen-bond acceptors (Lipinski definition) is 6. The van der Waals surface area contributed by atoms with E-state index in [0.29, 0.717) is 12.1 Å². The Hall–Kier alpha value is -3.78. The monoisotopic (exact) mass is 469 g/mol. The van der Waals surface area contributed by atoms with Crippen LogP contribution in [0.4, 0.5) is 5.69 Å². The summed E-state index contributed by atoms with van der Waals surface area (Å²) in [4.78, 5) is 31.1. The van der Waals surface area contributed by atoms with Gasteiger partial charge in [-0.15, -0.1) is 0 Å². The number of para-hydroxylation sites is 1. The maximum atomic E-state index is 12.8. The summed E-state index contributed by atoms with van der Waals surface area (Å²) in [7, 11) is 1.97. The molecule has 0 bridgehead atoms. The normalized spacial score (nSPS) is 14.4. The Labute approximate surface area is 205 Å². The van der Waals surface area contributed by atoms with E-state index in [2.05, 4.69) is 42.2 Å². The number of piperazine rings is 1. The van der Waals surface area contributed by atoms with Gasteiger partial charge in [-0.25, -0.2) is 0 Å². The van der Waals surface area contributed by atoms with Crippen LogP contribution in [0, 0.1) is 6.92 Å². The predicted octanol–water partition coefficient (Wildman–Crippen LogP) is 3.28. The van der Waals surface area contributed by atoms with Gasteiger partial charge in [0.05, 0.1) is 28.2 Å². The standard InChI is InChI=1S/C27H31N7O/c1-20-21(19-25(32(20)2)22-7-3-4-10-28-22)27(35)31-11-6-14-33-15-17-34(18-16-33)24-9-5-8-23-26(24)30-13-12-29-23/h3-5,7-10,12-13,19H,6,11,14-18H2,1-2H3,(H,31,35). The van der Waals surface area contributed by atoms with Gasteiger partial charge in [0.2, 0.25) is 0 Å². The quantitative estimate of drug-likeness (QED) is 0.419. The molecule has 1 aliphatic heterocycles. The van der Waals surface area contributed by atoms with E-state index in [9.17, 15) is 4.79 Å². The zero-order chi connectivity index (χ0) is 24.2. The maximum Gasteiger partial charge on any atom is 0.253 e. The minimum Gasteiger partial charge on any atom is -0.367 e. The first-order valence-corrected chi connectivity index (χ1v) is 12.1. The number of carbonyl (C=O) groups excluding carboxylic acids is 1. The number of rotatable bonds is 7. The van der Waals surface area contributed by atoms with Crippen LogP contribution in [-0.2, 0) is 7.05 Å². The number of anilines is 1. The zero-order valence-corrected chi connectivity index (χ0v) is 20.3. The highest BCUT2D eigenvalue weighted by atomic mass is 16.1. The Morgan fingerprint density at radius 3 is 2.60 bits per heavy atom. The second-order valence-electron chi connectivity index (χ2n) is 8.94. The predicted molar refractivity (Wildman–Crippen MR) is 139 cm³/mol. The molecule has 1 amide bonds. The molecule has 0 saturated carbocycles. The molecule has 1 saturated heterocycles. The first-order valence-electron chi connectivity index (χ1n) is 12.1. The van der Waals surface area contributed by atoms with Crippen molar-refractivity contribution in [1.82, 2.24) is 29.7 Å².